The monoisotopic (exact) mass is 305 g/mol. The van der Waals surface area contributed by atoms with Crippen molar-refractivity contribution in [1.29, 1.82) is 0 Å². The third-order valence-electron chi connectivity index (χ3n) is 3.91. The molecule has 2 atom stereocenters. The molecule has 1 aliphatic heterocycles. The number of carbonyl (C=O) groups is 2. The first kappa shape index (κ1) is 16.5. The average Bonchev–Trinajstić information content (AvgIpc) is 2.93. The summed E-state index contributed by atoms with van der Waals surface area (Å²) in [5.74, 6) is -0.434. The van der Waals surface area contributed by atoms with Gasteiger partial charge >= 0.3 is 0 Å². The largest absolute Gasteiger partial charge is 0.396 e. The van der Waals surface area contributed by atoms with E-state index in [2.05, 4.69) is 5.32 Å². The first-order valence-corrected chi connectivity index (χ1v) is 7.65. The molecule has 0 saturated heterocycles. The molecule has 0 spiro atoms. The van der Waals surface area contributed by atoms with Crippen molar-refractivity contribution in [2.75, 3.05) is 18.1 Å². The highest BCUT2D eigenvalue weighted by Gasteiger charge is 2.39. The number of amides is 2. The van der Waals surface area contributed by atoms with Gasteiger partial charge in [0.2, 0.25) is 11.8 Å². The van der Waals surface area contributed by atoms with Crippen LogP contribution in [0.5, 0.6) is 0 Å². The third-order valence-corrected chi connectivity index (χ3v) is 3.91. The number of para-hydroxylation sites is 1. The van der Waals surface area contributed by atoms with Crippen LogP contribution in [0.1, 0.15) is 25.3 Å². The second-order valence-corrected chi connectivity index (χ2v) is 5.44. The summed E-state index contributed by atoms with van der Waals surface area (Å²) in [5.41, 5.74) is 7.62. The van der Waals surface area contributed by atoms with Crippen molar-refractivity contribution in [3.63, 3.8) is 0 Å². The number of aliphatic hydroxyl groups excluding tert-OH is 1. The van der Waals surface area contributed by atoms with Crippen molar-refractivity contribution in [3.05, 3.63) is 29.8 Å². The van der Waals surface area contributed by atoms with Gasteiger partial charge in [-0.2, -0.15) is 0 Å². The Morgan fingerprint density at radius 2 is 2.18 bits per heavy atom. The Kier molecular flexibility index (Phi) is 5.51. The number of hydrogen-bond acceptors (Lipinski definition) is 4. The van der Waals surface area contributed by atoms with E-state index in [9.17, 15) is 9.59 Å². The van der Waals surface area contributed by atoms with Gasteiger partial charge in [-0.25, -0.2) is 0 Å². The molecule has 0 unspecified atom stereocenters. The van der Waals surface area contributed by atoms with Crippen LogP contribution in [0.2, 0.25) is 0 Å². The quantitative estimate of drug-likeness (QED) is 0.653. The van der Waals surface area contributed by atoms with Crippen molar-refractivity contribution >= 4 is 17.5 Å². The number of aliphatic hydroxyl groups is 1. The molecule has 6 heteroatoms. The fraction of sp³-hybridized carbons (Fsp3) is 0.500. The van der Waals surface area contributed by atoms with Crippen LogP contribution in [-0.4, -0.2) is 42.2 Å². The average molecular weight is 305 g/mol. The van der Waals surface area contributed by atoms with Crippen LogP contribution >= 0.6 is 0 Å². The number of anilines is 1. The van der Waals surface area contributed by atoms with Gasteiger partial charge in [-0.3, -0.25) is 14.5 Å². The maximum atomic E-state index is 12.6. The van der Waals surface area contributed by atoms with E-state index in [1.807, 2.05) is 31.2 Å². The molecular weight excluding hydrogens is 282 g/mol. The van der Waals surface area contributed by atoms with Gasteiger partial charge in [0.25, 0.3) is 0 Å². The molecule has 0 saturated carbocycles. The van der Waals surface area contributed by atoms with E-state index in [1.54, 1.807) is 0 Å². The zero-order valence-corrected chi connectivity index (χ0v) is 12.8. The number of nitrogens with zero attached hydrogens (tertiary/aromatic N) is 1. The highest BCUT2D eigenvalue weighted by Crippen LogP contribution is 2.32. The Bertz CT molecular complexity index is 547. The highest BCUT2D eigenvalue weighted by molar-refractivity contribution is 6.05. The lowest BCUT2D eigenvalue weighted by atomic mass is 10.1. The molecule has 0 fully saturated rings. The van der Waals surface area contributed by atoms with Crippen molar-refractivity contribution < 1.29 is 14.7 Å². The van der Waals surface area contributed by atoms with E-state index >= 15 is 0 Å². The number of hydrogen-bond donors (Lipinski definition) is 3. The van der Waals surface area contributed by atoms with Gasteiger partial charge in [0.1, 0.15) is 6.04 Å². The molecule has 4 N–H and O–H groups in total. The summed E-state index contributed by atoms with van der Waals surface area (Å²) in [5, 5.41) is 11.6. The van der Waals surface area contributed by atoms with E-state index < -0.39 is 12.1 Å². The third kappa shape index (κ3) is 3.28. The Morgan fingerprint density at radius 3 is 2.86 bits per heavy atom. The molecule has 1 aromatic carbocycles. The van der Waals surface area contributed by atoms with Crippen LogP contribution in [-0.2, 0) is 16.0 Å². The normalized spacial score (nSPS) is 18.0. The Balaban J connectivity index is 2.22. The topological polar surface area (TPSA) is 95.7 Å². The first-order chi connectivity index (χ1) is 10.6. The van der Waals surface area contributed by atoms with Crippen LogP contribution in [0.15, 0.2) is 24.3 Å². The summed E-state index contributed by atoms with van der Waals surface area (Å²) in [6.45, 7) is 2.26. The van der Waals surface area contributed by atoms with E-state index in [0.29, 0.717) is 25.8 Å². The summed E-state index contributed by atoms with van der Waals surface area (Å²) in [6, 6.07) is 6.33. The molecule has 0 aliphatic carbocycles. The number of benzene rings is 1. The minimum Gasteiger partial charge on any atom is -0.396 e. The van der Waals surface area contributed by atoms with Crippen molar-refractivity contribution in [1.82, 2.24) is 5.32 Å². The van der Waals surface area contributed by atoms with Gasteiger partial charge in [0.05, 0.1) is 6.04 Å². The first-order valence-electron chi connectivity index (χ1n) is 7.65. The summed E-state index contributed by atoms with van der Waals surface area (Å²) in [7, 11) is 0. The lowest BCUT2D eigenvalue weighted by molar-refractivity contribution is -0.126. The minimum atomic E-state index is -0.612. The lowest BCUT2D eigenvalue weighted by Gasteiger charge is -2.27. The number of rotatable bonds is 6. The molecule has 0 bridgehead atoms. The summed E-state index contributed by atoms with van der Waals surface area (Å²) in [4.78, 5) is 26.5. The van der Waals surface area contributed by atoms with Crippen LogP contribution in [0, 0.1) is 0 Å². The molecule has 6 nitrogen and oxygen atoms in total. The van der Waals surface area contributed by atoms with Crippen LogP contribution in [0.3, 0.4) is 0 Å². The van der Waals surface area contributed by atoms with Gasteiger partial charge < -0.3 is 16.2 Å². The SMILES string of the molecule is CC[C@H](N)C(=O)N1c2ccccc2C[C@H]1C(=O)NCCCO. The molecule has 0 aromatic heterocycles. The molecule has 0 radical (unpaired) electrons. The van der Waals surface area contributed by atoms with Gasteiger partial charge in [-0.05, 0) is 24.5 Å². The second-order valence-electron chi connectivity index (χ2n) is 5.44. The van der Waals surface area contributed by atoms with E-state index in [0.717, 1.165) is 11.3 Å². The zero-order valence-electron chi connectivity index (χ0n) is 12.8. The summed E-state index contributed by atoms with van der Waals surface area (Å²) in [6.07, 6.45) is 1.51. The maximum absolute atomic E-state index is 12.6. The van der Waals surface area contributed by atoms with Crippen LogP contribution < -0.4 is 16.0 Å². The van der Waals surface area contributed by atoms with E-state index in [-0.39, 0.29) is 18.4 Å². The molecule has 2 amide bonds. The number of nitrogens with one attached hydrogen (secondary N) is 1. The lowest BCUT2D eigenvalue weighted by Crippen LogP contribution is -2.53. The number of carbonyl (C=O) groups excluding carboxylic acids is 2. The number of nitrogens with two attached hydrogens (primary N) is 1. The standard InChI is InChI=1S/C16H23N3O3/c1-2-12(17)16(22)19-13-7-4-3-6-11(13)10-14(19)15(21)18-8-5-9-20/h3-4,6-7,12,14,20H,2,5,8-10,17H2,1H3,(H,18,21)/t12-,14-/m0/s1. The predicted octanol–water partition coefficient (Wildman–Crippen LogP) is 0.180. The van der Waals surface area contributed by atoms with Gasteiger partial charge in [0, 0.05) is 25.3 Å². The van der Waals surface area contributed by atoms with Crippen LogP contribution in [0.4, 0.5) is 5.69 Å². The Hall–Kier alpha value is -1.92. The predicted molar refractivity (Wildman–Crippen MR) is 84.4 cm³/mol. The molecule has 2 rings (SSSR count). The molecule has 1 aromatic rings. The Labute approximate surface area is 130 Å². The number of fused-ring (bicyclic) bond motifs is 1. The van der Waals surface area contributed by atoms with Crippen molar-refractivity contribution in [2.24, 2.45) is 5.73 Å². The van der Waals surface area contributed by atoms with Gasteiger partial charge in [0.15, 0.2) is 0 Å². The van der Waals surface area contributed by atoms with Crippen LogP contribution in [0.25, 0.3) is 0 Å². The Morgan fingerprint density at radius 1 is 1.45 bits per heavy atom. The summed E-state index contributed by atoms with van der Waals surface area (Å²) >= 11 is 0. The molecule has 1 aliphatic rings. The van der Waals surface area contributed by atoms with Gasteiger partial charge in [-0.15, -0.1) is 0 Å². The van der Waals surface area contributed by atoms with E-state index in [4.69, 9.17) is 10.8 Å². The molecular formula is C16H23N3O3. The molecule has 120 valence electrons. The minimum absolute atomic E-state index is 0.0223. The second kappa shape index (κ2) is 7.38. The fourth-order valence-electron chi connectivity index (χ4n) is 2.63. The molecule has 1 heterocycles. The van der Waals surface area contributed by atoms with E-state index in [1.165, 1.54) is 4.90 Å². The van der Waals surface area contributed by atoms with Crippen molar-refractivity contribution in [2.45, 2.75) is 38.3 Å². The fourth-order valence-corrected chi connectivity index (χ4v) is 2.63. The zero-order chi connectivity index (χ0) is 16.1. The smallest absolute Gasteiger partial charge is 0.244 e. The summed E-state index contributed by atoms with van der Waals surface area (Å²) < 4.78 is 0. The maximum Gasteiger partial charge on any atom is 0.244 e. The van der Waals surface area contributed by atoms with Gasteiger partial charge in [-0.1, -0.05) is 25.1 Å². The highest BCUT2D eigenvalue weighted by atomic mass is 16.3. The molecule has 22 heavy (non-hydrogen) atoms. The van der Waals surface area contributed by atoms with Crippen molar-refractivity contribution in [3.8, 4) is 0 Å².